The Morgan fingerprint density at radius 1 is 1.26 bits per heavy atom. The summed E-state index contributed by atoms with van der Waals surface area (Å²) in [4.78, 5) is 23.1. The van der Waals surface area contributed by atoms with Gasteiger partial charge in [-0.1, -0.05) is 19.4 Å². The second-order valence-corrected chi connectivity index (χ2v) is 4.24. The first kappa shape index (κ1) is 15.2. The van der Waals surface area contributed by atoms with Gasteiger partial charge in [-0.3, -0.25) is 9.59 Å². The average molecular weight is 263 g/mol. The van der Waals surface area contributed by atoms with Crippen LogP contribution in [0.3, 0.4) is 0 Å². The van der Waals surface area contributed by atoms with E-state index >= 15 is 0 Å². The maximum Gasteiger partial charge on any atom is 0.251 e. The second-order valence-electron chi connectivity index (χ2n) is 4.24. The lowest BCUT2D eigenvalue weighted by Gasteiger charge is -2.07. The lowest BCUT2D eigenvalue weighted by atomic mass is 10.2. The molecule has 0 radical (unpaired) electrons. The Morgan fingerprint density at radius 3 is 2.74 bits per heavy atom. The van der Waals surface area contributed by atoms with E-state index in [-0.39, 0.29) is 18.4 Å². The van der Waals surface area contributed by atoms with Gasteiger partial charge in [0.15, 0.2) is 0 Å². The Morgan fingerprint density at radius 2 is 2.05 bits per heavy atom. The summed E-state index contributed by atoms with van der Waals surface area (Å²) in [7, 11) is 1.57. The fourth-order valence-corrected chi connectivity index (χ4v) is 1.59. The summed E-state index contributed by atoms with van der Waals surface area (Å²) in [6.45, 7) is 3.22. The number of nitrogens with one attached hydrogen (secondary N) is 3. The van der Waals surface area contributed by atoms with E-state index in [0.29, 0.717) is 11.3 Å². The van der Waals surface area contributed by atoms with E-state index < -0.39 is 0 Å². The Balaban J connectivity index is 2.48. The third-order valence-corrected chi connectivity index (χ3v) is 2.63. The van der Waals surface area contributed by atoms with Gasteiger partial charge in [0.2, 0.25) is 5.91 Å². The van der Waals surface area contributed by atoms with Crippen molar-refractivity contribution in [3.05, 3.63) is 29.8 Å². The van der Waals surface area contributed by atoms with Crippen molar-refractivity contribution in [1.82, 2.24) is 10.6 Å². The molecule has 0 saturated carbocycles. The third kappa shape index (κ3) is 5.52. The first-order valence-corrected chi connectivity index (χ1v) is 6.50. The van der Waals surface area contributed by atoms with Gasteiger partial charge in [-0.25, -0.2) is 0 Å². The van der Waals surface area contributed by atoms with Crippen LogP contribution in [-0.2, 0) is 4.79 Å². The van der Waals surface area contributed by atoms with E-state index in [1.54, 1.807) is 31.3 Å². The Bertz CT molecular complexity index is 432. The molecule has 0 heterocycles. The van der Waals surface area contributed by atoms with E-state index in [0.717, 1.165) is 19.4 Å². The minimum absolute atomic E-state index is 0.106. The number of rotatable bonds is 7. The molecule has 0 fully saturated rings. The van der Waals surface area contributed by atoms with Crippen LogP contribution >= 0.6 is 0 Å². The van der Waals surface area contributed by atoms with Crippen molar-refractivity contribution in [3.8, 4) is 0 Å². The number of amides is 2. The van der Waals surface area contributed by atoms with Gasteiger partial charge in [0.1, 0.15) is 0 Å². The van der Waals surface area contributed by atoms with E-state index in [1.165, 1.54) is 0 Å². The van der Waals surface area contributed by atoms with Crippen LogP contribution in [0.1, 0.15) is 30.1 Å². The number of carbonyl (C=O) groups excluding carboxylic acids is 2. The molecule has 0 unspecified atom stereocenters. The zero-order valence-electron chi connectivity index (χ0n) is 11.5. The fourth-order valence-electron chi connectivity index (χ4n) is 1.59. The van der Waals surface area contributed by atoms with Crippen LogP contribution in [0.25, 0.3) is 0 Å². The molecule has 5 heteroatoms. The molecular weight excluding hydrogens is 242 g/mol. The first-order chi connectivity index (χ1) is 9.17. The zero-order valence-corrected chi connectivity index (χ0v) is 11.5. The van der Waals surface area contributed by atoms with E-state index in [9.17, 15) is 9.59 Å². The molecule has 0 atom stereocenters. The molecule has 2 amide bonds. The molecular formula is C14H21N3O2. The molecule has 19 heavy (non-hydrogen) atoms. The fraction of sp³-hybridized carbons (Fsp3) is 0.429. The number of unbranched alkanes of at least 4 members (excludes halogenated alkanes) is 1. The molecule has 0 aliphatic heterocycles. The Labute approximate surface area is 113 Å². The van der Waals surface area contributed by atoms with Crippen molar-refractivity contribution in [1.29, 1.82) is 0 Å². The average Bonchev–Trinajstić information content (AvgIpc) is 2.43. The van der Waals surface area contributed by atoms with E-state index in [2.05, 4.69) is 22.9 Å². The number of benzene rings is 1. The molecule has 5 nitrogen and oxygen atoms in total. The van der Waals surface area contributed by atoms with E-state index in [4.69, 9.17) is 0 Å². The number of hydrogen-bond donors (Lipinski definition) is 3. The third-order valence-electron chi connectivity index (χ3n) is 2.63. The van der Waals surface area contributed by atoms with Crippen molar-refractivity contribution < 1.29 is 9.59 Å². The van der Waals surface area contributed by atoms with Gasteiger partial charge in [0.05, 0.1) is 6.54 Å². The predicted octanol–water partition coefficient (Wildman–Crippen LogP) is 1.37. The maximum absolute atomic E-state index is 11.7. The summed E-state index contributed by atoms with van der Waals surface area (Å²) in [5.74, 6) is -0.276. The van der Waals surface area contributed by atoms with Crippen molar-refractivity contribution in [3.63, 3.8) is 0 Å². The van der Waals surface area contributed by atoms with Gasteiger partial charge < -0.3 is 16.0 Å². The monoisotopic (exact) mass is 263 g/mol. The standard InChI is InChI=1S/C14H21N3O2/c1-3-4-8-16-10-13(18)17-12-7-5-6-11(9-12)14(19)15-2/h5-7,9,16H,3-4,8,10H2,1-2H3,(H,15,19)(H,17,18). The Kier molecular flexibility index (Phi) is 6.60. The zero-order chi connectivity index (χ0) is 14.1. The van der Waals surface area contributed by atoms with Gasteiger partial charge in [0.25, 0.3) is 5.91 Å². The van der Waals surface area contributed by atoms with Crippen molar-refractivity contribution in [2.75, 3.05) is 25.5 Å². The van der Waals surface area contributed by atoms with Crippen LogP contribution in [-0.4, -0.2) is 32.0 Å². The topological polar surface area (TPSA) is 70.2 Å². The lowest BCUT2D eigenvalue weighted by molar-refractivity contribution is -0.115. The molecule has 1 aromatic rings. The number of hydrogen-bond acceptors (Lipinski definition) is 3. The SMILES string of the molecule is CCCCNCC(=O)Nc1cccc(C(=O)NC)c1. The van der Waals surface area contributed by atoms with Crippen LogP contribution in [0.15, 0.2) is 24.3 Å². The lowest BCUT2D eigenvalue weighted by Crippen LogP contribution is -2.28. The van der Waals surface area contributed by atoms with Gasteiger partial charge in [-0.05, 0) is 31.2 Å². The van der Waals surface area contributed by atoms with Gasteiger partial charge >= 0.3 is 0 Å². The summed E-state index contributed by atoms with van der Waals surface area (Å²) < 4.78 is 0. The minimum atomic E-state index is -0.169. The summed E-state index contributed by atoms with van der Waals surface area (Å²) in [6, 6.07) is 6.86. The highest BCUT2D eigenvalue weighted by molar-refractivity contribution is 5.97. The molecule has 3 N–H and O–H groups in total. The second kappa shape index (κ2) is 8.26. The molecule has 0 aromatic heterocycles. The van der Waals surface area contributed by atoms with Crippen LogP contribution in [0.4, 0.5) is 5.69 Å². The van der Waals surface area contributed by atoms with Crippen molar-refractivity contribution >= 4 is 17.5 Å². The largest absolute Gasteiger partial charge is 0.355 e. The summed E-state index contributed by atoms with van der Waals surface area (Å²) in [6.07, 6.45) is 2.15. The quantitative estimate of drug-likeness (QED) is 0.651. The predicted molar refractivity (Wildman–Crippen MR) is 76.2 cm³/mol. The maximum atomic E-state index is 11.7. The van der Waals surface area contributed by atoms with Crippen molar-refractivity contribution in [2.45, 2.75) is 19.8 Å². The first-order valence-electron chi connectivity index (χ1n) is 6.50. The molecule has 1 aromatic carbocycles. The smallest absolute Gasteiger partial charge is 0.251 e. The summed E-state index contributed by atoms with van der Waals surface area (Å²) >= 11 is 0. The van der Waals surface area contributed by atoms with Crippen LogP contribution < -0.4 is 16.0 Å². The number of anilines is 1. The summed E-state index contributed by atoms with van der Waals surface area (Å²) in [5, 5.41) is 8.37. The van der Waals surface area contributed by atoms with Gasteiger partial charge in [-0.2, -0.15) is 0 Å². The molecule has 1 rings (SSSR count). The highest BCUT2D eigenvalue weighted by atomic mass is 16.2. The van der Waals surface area contributed by atoms with Crippen LogP contribution in [0.5, 0.6) is 0 Å². The highest BCUT2D eigenvalue weighted by Gasteiger charge is 2.05. The minimum Gasteiger partial charge on any atom is -0.355 e. The Hall–Kier alpha value is -1.88. The van der Waals surface area contributed by atoms with Gasteiger partial charge in [-0.15, -0.1) is 0 Å². The number of carbonyl (C=O) groups is 2. The highest BCUT2D eigenvalue weighted by Crippen LogP contribution is 2.10. The van der Waals surface area contributed by atoms with Crippen molar-refractivity contribution in [2.24, 2.45) is 0 Å². The molecule has 0 spiro atoms. The molecule has 104 valence electrons. The molecule has 0 aliphatic carbocycles. The van der Waals surface area contributed by atoms with Crippen LogP contribution in [0, 0.1) is 0 Å². The van der Waals surface area contributed by atoms with Gasteiger partial charge in [0, 0.05) is 18.3 Å². The molecule has 0 bridgehead atoms. The molecule has 0 saturated heterocycles. The summed E-state index contributed by atoms with van der Waals surface area (Å²) in [5.41, 5.74) is 1.16. The van der Waals surface area contributed by atoms with E-state index in [1.807, 2.05) is 0 Å². The molecule has 0 aliphatic rings. The van der Waals surface area contributed by atoms with Crippen LogP contribution in [0.2, 0.25) is 0 Å². The normalized spacial score (nSPS) is 10.0.